The van der Waals surface area contributed by atoms with Gasteiger partial charge in [0.15, 0.2) is 6.10 Å². The molecule has 1 spiro atoms. The monoisotopic (exact) mass is 592 g/mol. The largest absolute Gasteiger partial charge is 0.459 e. The summed E-state index contributed by atoms with van der Waals surface area (Å²) in [5, 5.41) is 1.89. The maximum absolute atomic E-state index is 12.8. The van der Waals surface area contributed by atoms with Crippen LogP contribution in [0.25, 0.3) is 0 Å². The smallest absolute Gasteiger partial charge is 0.303 e. The molecule has 0 radical (unpaired) electrons. The van der Waals surface area contributed by atoms with Crippen LogP contribution in [0.3, 0.4) is 0 Å². The van der Waals surface area contributed by atoms with Crippen molar-refractivity contribution in [3.05, 3.63) is 71.8 Å². The Bertz CT molecular complexity index is 1340. The lowest BCUT2D eigenvalue weighted by molar-refractivity contribution is -0.208. The van der Waals surface area contributed by atoms with E-state index in [1.165, 1.54) is 13.8 Å². The SMILES string of the molecule is CC(=O)O[C@@H]1C(C=O)=C(CO[Si](c2ccccc2)(c2ccccc2)C(C)(C)C)[C@@H]2OC(C)(C)[C@@H](OC(C)=O)C[C@@]23O[C@@H]13. The zero-order chi connectivity index (χ0) is 30.5. The van der Waals surface area contributed by atoms with Gasteiger partial charge in [-0.2, -0.15) is 0 Å². The number of hydrogen-bond donors (Lipinski definition) is 0. The summed E-state index contributed by atoms with van der Waals surface area (Å²) < 4.78 is 31.5. The minimum absolute atomic E-state index is 0.0654. The highest BCUT2D eigenvalue weighted by Crippen LogP contribution is 2.59. The number of esters is 2. The van der Waals surface area contributed by atoms with Crippen molar-refractivity contribution in [2.45, 2.75) is 95.5 Å². The van der Waals surface area contributed by atoms with E-state index >= 15 is 0 Å². The lowest BCUT2D eigenvalue weighted by atomic mass is 9.73. The van der Waals surface area contributed by atoms with Crippen molar-refractivity contribution in [2.24, 2.45) is 0 Å². The summed E-state index contributed by atoms with van der Waals surface area (Å²) in [6, 6.07) is 20.5. The van der Waals surface area contributed by atoms with Crippen LogP contribution in [-0.2, 0) is 37.8 Å². The van der Waals surface area contributed by atoms with E-state index in [0.717, 1.165) is 16.7 Å². The van der Waals surface area contributed by atoms with Gasteiger partial charge in [-0.25, -0.2) is 0 Å². The highest BCUT2D eigenvalue weighted by molar-refractivity contribution is 6.99. The van der Waals surface area contributed by atoms with Gasteiger partial charge in [-0.05, 0) is 34.8 Å². The molecule has 5 rings (SSSR count). The van der Waals surface area contributed by atoms with Crippen LogP contribution < -0.4 is 10.4 Å². The average Bonchev–Trinajstić information content (AvgIpc) is 3.65. The van der Waals surface area contributed by atoms with Crippen LogP contribution in [0.15, 0.2) is 71.8 Å². The molecule has 2 saturated heterocycles. The van der Waals surface area contributed by atoms with Crippen LogP contribution in [0, 0.1) is 0 Å². The minimum atomic E-state index is -2.99. The number of aldehydes is 1. The Hall–Kier alpha value is -3.11. The second kappa shape index (κ2) is 10.9. The first-order valence-electron chi connectivity index (χ1n) is 14.4. The molecular weight excluding hydrogens is 552 g/mol. The van der Waals surface area contributed by atoms with Crippen molar-refractivity contribution in [3.8, 4) is 0 Å². The molecule has 0 N–H and O–H groups in total. The fourth-order valence-electron chi connectivity index (χ4n) is 6.82. The van der Waals surface area contributed by atoms with Gasteiger partial charge in [0, 0.05) is 25.8 Å². The van der Waals surface area contributed by atoms with E-state index in [9.17, 15) is 14.4 Å². The molecule has 8 nitrogen and oxygen atoms in total. The third-order valence-corrected chi connectivity index (χ3v) is 13.8. The van der Waals surface area contributed by atoms with Crippen molar-refractivity contribution >= 4 is 36.9 Å². The van der Waals surface area contributed by atoms with E-state index in [-0.39, 0.29) is 11.6 Å². The Morgan fingerprint density at radius 2 is 1.48 bits per heavy atom. The van der Waals surface area contributed by atoms with Gasteiger partial charge in [-0.1, -0.05) is 81.4 Å². The quantitative estimate of drug-likeness (QED) is 0.198. The van der Waals surface area contributed by atoms with Crippen LogP contribution in [0.1, 0.15) is 54.9 Å². The summed E-state index contributed by atoms with van der Waals surface area (Å²) in [4.78, 5) is 36.9. The molecule has 2 heterocycles. The van der Waals surface area contributed by atoms with Crippen molar-refractivity contribution in [1.29, 1.82) is 0 Å². The summed E-state index contributed by atoms with van der Waals surface area (Å²) >= 11 is 0. The van der Waals surface area contributed by atoms with Crippen molar-refractivity contribution in [2.75, 3.05) is 6.61 Å². The molecule has 0 amide bonds. The summed E-state index contributed by atoms with van der Waals surface area (Å²) in [5.74, 6) is -0.945. The number of hydrogen-bond acceptors (Lipinski definition) is 8. The van der Waals surface area contributed by atoms with Crippen LogP contribution in [0.4, 0.5) is 0 Å². The maximum atomic E-state index is 12.8. The number of benzene rings is 2. The molecule has 2 aromatic carbocycles. The molecule has 2 aliphatic heterocycles. The van der Waals surface area contributed by atoms with E-state index in [1.54, 1.807) is 0 Å². The van der Waals surface area contributed by atoms with E-state index in [2.05, 4.69) is 45.0 Å². The number of epoxide rings is 1. The molecular formula is C33H40O8Si. The number of ether oxygens (including phenoxy) is 4. The van der Waals surface area contributed by atoms with Crippen LogP contribution in [-0.4, -0.2) is 68.8 Å². The molecule has 1 aliphatic carbocycles. The molecule has 42 heavy (non-hydrogen) atoms. The predicted octanol–water partition coefficient (Wildman–Crippen LogP) is 3.64. The van der Waals surface area contributed by atoms with Crippen molar-refractivity contribution in [1.82, 2.24) is 0 Å². The van der Waals surface area contributed by atoms with Crippen molar-refractivity contribution in [3.63, 3.8) is 0 Å². The van der Waals surface area contributed by atoms with Gasteiger partial charge in [0.05, 0.1) is 6.61 Å². The van der Waals surface area contributed by atoms with Crippen molar-refractivity contribution < 1.29 is 37.8 Å². The van der Waals surface area contributed by atoms with E-state index < -0.39 is 55.9 Å². The Kier molecular flexibility index (Phi) is 7.85. The summed E-state index contributed by atoms with van der Waals surface area (Å²) in [6.07, 6.45) is -1.70. The molecule has 0 bridgehead atoms. The topological polar surface area (TPSA) is 101 Å². The third kappa shape index (κ3) is 5.06. The minimum Gasteiger partial charge on any atom is -0.459 e. The second-order valence-electron chi connectivity index (χ2n) is 13.0. The molecule has 224 valence electrons. The molecule has 0 unspecified atom stereocenters. The van der Waals surface area contributed by atoms with Gasteiger partial charge < -0.3 is 23.4 Å². The van der Waals surface area contributed by atoms with Crippen LogP contribution >= 0.6 is 0 Å². The highest BCUT2D eigenvalue weighted by atomic mass is 28.4. The van der Waals surface area contributed by atoms with Gasteiger partial charge in [0.2, 0.25) is 0 Å². The first kappa shape index (κ1) is 30.3. The molecule has 0 saturated carbocycles. The fraction of sp³-hybridized carbons (Fsp3) is 0.485. The maximum Gasteiger partial charge on any atom is 0.303 e. The molecule has 2 aromatic rings. The number of carbonyl (C=O) groups excluding carboxylic acids is 3. The first-order chi connectivity index (χ1) is 19.8. The molecule has 3 aliphatic rings. The van der Waals surface area contributed by atoms with Gasteiger partial charge in [0.25, 0.3) is 8.32 Å². The van der Waals surface area contributed by atoms with Crippen LogP contribution in [0.2, 0.25) is 5.04 Å². The molecule has 2 fully saturated rings. The van der Waals surface area contributed by atoms with Crippen LogP contribution in [0.5, 0.6) is 0 Å². The third-order valence-electron chi connectivity index (χ3n) is 8.77. The Morgan fingerprint density at radius 3 is 1.95 bits per heavy atom. The van der Waals surface area contributed by atoms with E-state index in [1.807, 2.05) is 50.2 Å². The lowest BCUT2D eigenvalue weighted by Gasteiger charge is -2.49. The standard InChI is InChI=1S/C33H40O8Si/c1-21(35)38-27-18-33-29(40-32(27,6)7)26(25(19-34)28(30(33)41-33)39-22(2)36)20-37-42(31(3,4)5,23-14-10-8-11-15-23)24-16-12-9-13-17-24/h8-17,19,27-30H,18,20H2,1-7H3/t27-,28+,29-,30-,33+/m0/s1. The molecule has 9 heteroatoms. The Labute approximate surface area is 248 Å². The summed E-state index contributed by atoms with van der Waals surface area (Å²) in [5.41, 5.74) is -0.907. The lowest BCUT2D eigenvalue weighted by Crippen LogP contribution is -2.67. The van der Waals surface area contributed by atoms with E-state index in [0.29, 0.717) is 17.6 Å². The van der Waals surface area contributed by atoms with E-state index in [4.69, 9.17) is 23.4 Å². The Balaban J connectivity index is 1.63. The summed E-state index contributed by atoms with van der Waals surface area (Å²) in [6.45, 7) is 13.0. The summed E-state index contributed by atoms with van der Waals surface area (Å²) in [7, 11) is -2.99. The normalized spacial score (nSPS) is 28.3. The average molecular weight is 593 g/mol. The zero-order valence-electron chi connectivity index (χ0n) is 25.3. The first-order valence-corrected chi connectivity index (χ1v) is 16.3. The fourth-order valence-corrected chi connectivity index (χ4v) is 11.3. The second-order valence-corrected chi connectivity index (χ2v) is 17.3. The van der Waals surface area contributed by atoms with Gasteiger partial charge >= 0.3 is 11.9 Å². The highest BCUT2D eigenvalue weighted by Gasteiger charge is 2.74. The Morgan fingerprint density at radius 1 is 0.929 bits per heavy atom. The van der Waals surface area contributed by atoms with Gasteiger partial charge in [0.1, 0.15) is 35.8 Å². The molecule has 5 atom stereocenters. The molecule has 0 aromatic heterocycles. The number of rotatable bonds is 8. The predicted molar refractivity (Wildman–Crippen MR) is 159 cm³/mol. The zero-order valence-corrected chi connectivity index (χ0v) is 26.3. The number of carbonyl (C=O) groups is 3. The van der Waals surface area contributed by atoms with Gasteiger partial charge in [-0.3, -0.25) is 14.4 Å². The van der Waals surface area contributed by atoms with Gasteiger partial charge in [-0.15, -0.1) is 0 Å².